The fraction of sp³-hybridized carbons (Fsp3) is 0.467. The van der Waals surface area contributed by atoms with Crippen molar-refractivity contribution in [3.8, 4) is 0 Å². The molecule has 0 aliphatic rings. The number of amides is 2. The van der Waals surface area contributed by atoms with Gasteiger partial charge in [0.1, 0.15) is 0 Å². The number of halogens is 1. The Morgan fingerprint density at radius 3 is 2.67 bits per heavy atom. The molecule has 21 heavy (non-hydrogen) atoms. The zero-order chi connectivity index (χ0) is 15.8. The van der Waals surface area contributed by atoms with Crippen molar-refractivity contribution >= 4 is 33.6 Å². The monoisotopic (exact) mass is 356 g/mol. The molecule has 1 aromatic rings. The molecule has 2 amide bonds. The van der Waals surface area contributed by atoms with E-state index in [1.165, 1.54) is 0 Å². The first-order chi connectivity index (χ1) is 9.88. The van der Waals surface area contributed by atoms with Crippen molar-refractivity contribution in [3.63, 3.8) is 0 Å². The van der Waals surface area contributed by atoms with E-state index in [9.17, 15) is 9.59 Å². The molecule has 0 radical (unpaired) electrons. The average molecular weight is 357 g/mol. The zero-order valence-corrected chi connectivity index (χ0v) is 13.9. The van der Waals surface area contributed by atoms with Crippen molar-refractivity contribution in [2.75, 3.05) is 11.9 Å². The predicted octanol–water partition coefficient (Wildman–Crippen LogP) is 3.77. The standard InChI is InChI=1S/C15H21BrN2O3/c1-10(3-6-14(19)20)7-8-17-15(21)18-12-4-5-13(16)11(2)9-12/h4-5,9-10H,3,6-8H2,1-2H3,(H,19,20)(H2,17,18,21). The number of aliphatic carboxylic acids is 1. The average Bonchev–Trinajstić information content (AvgIpc) is 2.40. The van der Waals surface area contributed by atoms with E-state index in [1.807, 2.05) is 32.0 Å². The Bertz CT molecular complexity index is 506. The van der Waals surface area contributed by atoms with E-state index in [0.29, 0.717) is 13.0 Å². The Balaban J connectivity index is 2.27. The molecule has 0 fully saturated rings. The number of nitrogens with one attached hydrogen (secondary N) is 2. The largest absolute Gasteiger partial charge is 0.481 e. The summed E-state index contributed by atoms with van der Waals surface area (Å²) in [6, 6.07) is 5.35. The van der Waals surface area contributed by atoms with Crippen molar-refractivity contribution in [2.45, 2.75) is 33.1 Å². The molecule has 1 aromatic carbocycles. The lowest BCUT2D eigenvalue weighted by molar-refractivity contribution is -0.137. The minimum Gasteiger partial charge on any atom is -0.481 e. The van der Waals surface area contributed by atoms with E-state index in [4.69, 9.17) is 5.11 Å². The number of hydrogen-bond donors (Lipinski definition) is 3. The minimum absolute atomic E-state index is 0.172. The van der Waals surface area contributed by atoms with E-state index in [-0.39, 0.29) is 18.4 Å². The van der Waals surface area contributed by atoms with Crippen LogP contribution in [0.5, 0.6) is 0 Å². The number of hydrogen-bond acceptors (Lipinski definition) is 2. The number of carboxylic acids is 1. The maximum atomic E-state index is 11.7. The molecular weight excluding hydrogens is 336 g/mol. The molecule has 1 rings (SSSR count). The van der Waals surface area contributed by atoms with Gasteiger partial charge in [-0.1, -0.05) is 22.9 Å². The highest BCUT2D eigenvalue weighted by atomic mass is 79.9. The molecule has 6 heteroatoms. The summed E-state index contributed by atoms with van der Waals surface area (Å²) < 4.78 is 1.00. The fourth-order valence-electron chi connectivity index (χ4n) is 1.84. The van der Waals surface area contributed by atoms with Gasteiger partial charge in [-0.3, -0.25) is 4.79 Å². The topological polar surface area (TPSA) is 78.4 Å². The Morgan fingerprint density at radius 2 is 2.05 bits per heavy atom. The van der Waals surface area contributed by atoms with Crippen LogP contribution in [0.3, 0.4) is 0 Å². The second-order valence-corrected chi connectivity index (χ2v) is 6.03. The van der Waals surface area contributed by atoms with Crippen LogP contribution in [0.25, 0.3) is 0 Å². The van der Waals surface area contributed by atoms with Gasteiger partial charge in [0.25, 0.3) is 0 Å². The van der Waals surface area contributed by atoms with Gasteiger partial charge < -0.3 is 15.7 Å². The maximum Gasteiger partial charge on any atom is 0.319 e. The van der Waals surface area contributed by atoms with Crippen molar-refractivity contribution in [2.24, 2.45) is 5.92 Å². The molecule has 0 spiro atoms. The molecule has 1 atom stereocenters. The third-order valence-electron chi connectivity index (χ3n) is 3.19. The number of rotatable bonds is 7. The smallest absolute Gasteiger partial charge is 0.319 e. The molecule has 0 aromatic heterocycles. The van der Waals surface area contributed by atoms with E-state index in [2.05, 4.69) is 26.6 Å². The van der Waals surface area contributed by atoms with E-state index in [0.717, 1.165) is 22.1 Å². The molecular formula is C15H21BrN2O3. The lowest BCUT2D eigenvalue weighted by Crippen LogP contribution is -2.30. The number of anilines is 1. The first-order valence-electron chi connectivity index (χ1n) is 6.91. The molecule has 0 saturated carbocycles. The zero-order valence-electron chi connectivity index (χ0n) is 12.3. The van der Waals surface area contributed by atoms with Crippen LogP contribution in [0.1, 0.15) is 31.7 Å². The lowest BCUT2D eigenvalue weighted by Gasteiger charge is -2.12. The number of urea groups is 1. The van der Waals surface area contributed by atoms with Gasteiger partial charge in [-0.05, 0) is 49.4 Å². The molecule has 116 valence electrons. The van der Waals surface area contributed by atoms with Crippen molar-refractivity contribution in [1.82, 2.24) is 5.32 Å². The summed E-state index contributed by atoms with van der Waals surface area (Å²) in [5.41, 5.74) is 1.79. The first-order valence-corrected chi connectivity index (χ1v) is 7.70. The number of carboxylic acid groups (broad SMARTS) is 1. The molecule has 3 N–H and O–H groups in total. The summed E-state index contributed by atoms with van der Waals surface area (Å²) in [5.74, 6) is -0.505. The highest BCUT2D eigenvalue weighted by molar-refractivity contribution is 9.10. The number of carbonyl (C=O) groups is 2. The van der Waals surface area contributed by atoms with Gasteiger partial charge >= 0.3 is 12.0 Å². The van der Waals surface area contributed by atoms with Crippen LogP contribution in [-0.2, 0) is 4.79 Å². The minimum atomic E-state index is -0.779. The van der Waals surface area contributed by atoms with Crippen LogP contribution in [-0.4, -0.2) is 23.7 Å². The van der Waals surface area contributed by atoms with Crippen molar-refractivity contribution in [3.05, 3.63) is 28.2 Å². The summed E-state index contributed by atoms with van der Waals surface area (Å²) in [5, 5.41) is 14.1. The quantitative estimate of drug-likeness (QED) is 0.695. The van der Waals surface area contributed by atoms with Gasteiger partial charge in [0.05, 0.1) is 0 Å². The summed E-state index contributed by atoms with van der Waals surface area (Å²) in [6.07, 6.45) is 1.57. The number of aryl methyl sites for hydroxylation is 1. The first kappa shape index (κ1) is 17.5. The molecule has 1 unspecified atom stereocenters. The van der Waals surface area contributed by atoms with Gasteiger partial charge in [0, 0.05) is 23.1 Å². The third-order valence-corrected chi connectivity index (χ3v) is 4.08. The molecule has 0 aliphatic heterocycles. The lowest BCUT2D eigenvalue weighted by atomic mass is 10.0. The van der Waals surface area contributed by atoms with Crippen LogP contribution in [0, 0.1) is 12.8 Å². The number of benzene rings is 1. The Labute approximate surface area is 133 Å². The van der Waals surface area contributed by atoms with Crippen LogP contribution in [0.15, 0.2) is 22.7 Å². The van der Waals surface area contributed by atoms with Crippen molar-refractivity contribution < 1.29 is 14.7 Å². The Morgan fingerprint density at radius 1 is 1.33 bits per heavy atom. The fourth-order valence-corrected chi connectivity index (χ4v) is 2.09. The predicted molar refractivity (Wildman–Crippen MR) is 86.6 cm³/mol. The Kier molecular flexibility index (Phi) is 7.22. The molecule has 5 nitrogen and oxygen atoms in total. The summed E-state index contributed by atoms with van der Waals surface area (Å²) in [4.78, 5) is 22.2. The van der Waals surface area contributed by atoms with E-state index >= 15 is 0 Å². The van der Waals surface area contributed by atoms with Crippen LogP contribution < -0.4 is 10.6 Å². The highest BCUT2D eigenvalue weighted by Gasteiger charge is 2.07. The molecule has 0 bridgehead atoms. The molecule has 0 heterocycles. The normalized spacial score (nSPS) is 11.8. The van der Waals surface area contributed by atoms with Gasteiger partial charge in [-0.2, -0.15) is 0 Å². The van der Waals surface area contributed by atoms with Gasteiger partial charge in [-0.25, -0.2) is 4.79 Å². The molecule has 0 aliphatic carbocycles. The van der Waals surface area contributed by atoms with E-state index in [1.54, 1.807) is 0 Å². The summed E-state index contributed by atoms with van der Waals surface area (Å²) in [7, 11) is 0. The molecule has 0 saturated heterocycles. The second-order valence-electron chi connectivity index (χ2n) is 5.17. The van der Waals surface area contributed by atoms with Gasteiger partial charge in [0.15, 0.2) is 0 Å². The summed E-state index contributed by atoms with van der Waals surface area (Å²) in [6.45, 7) is 4.47. The number of carbonyl (C=O) groups excluding carboxylic acids is 1. The van der Waals surface area contributed by atoms with E-state index < -0.39 is 5.97 Å². The second kappa shape index (κ2) is 8.67. The Hall–Kier alpha value is -1.56. The maximum absolute atomic E-state index is 11.7. The SMILES string of the molecule is Cc1cc(NC(=O)NCCC(C)CCC(=O)O)ccc1Br. The van der Waals surface area contributed by atoms with Crippen LogP contribution in [0.2, 0.25) is 0 Å². The highest BCUT2D eigenvalue weighted by Crippen LogP contribution is 2.19. The van der Waals surface area contributed by atoms with Gasteiger partial charge in [0.2, 0.25) is 0 Å². The van der Waals surface area contributed by atoms with Crippen LogP contribution in [0.4, 0.5) is 10.5 Å². The van der Waals surface area contributed by atoms with Crippen LogP contribution >= 0.6 is 15.9 Å². The summed E-state index contributed by atoms with van der Waals surface area (Å²) >= 11 is 3.41. The van der Waals surface area contributed by atoms with Gasteiger partial charge in [-0.15, -0.1) is 0 Å². The van der Waals surface area contributed by atoms with Crippen molar-refractivity contribution in [1.29, 1.82) is 0 Å². The third kappa shape index (κ3) is 7.13.